The molecule has 3 aromatic rings. The molecule has 0 radical (unpaired) electrons. The number of benzene rings is 3. The van der Waals surface area contributed by atoms with Crippen molar-refractivity contribution in [2.45, 2.75) is 63.8 Å². The Morgan fingerprint density at radius 1 is 0.917 bits per heavy atom. The van der Waals surface area contributed by atoms with Gasteiger partial charge in [0.05, 0.1) is 10.5 Å². The van der Waals surface area contributed by atoms with E-state index in [9.17, 15) is 18.3 Å². The summed E-state index contributed by atoms with van der Waals surface area (Å²) in [6.07, 6.45) is 6.84. The lowest BCUT2D eigenvalue weighted by Crippen LogP contribution is -2.33. The molecule has 0 spiro atoms. The van der Waals surface area contributed by atoms with Gasteiger partial charge in [0.1, 0.15) is 0 Å². The Labute approximate surface area is 214 Å². The molecule has 0 heterocycles. The first-order valence-electron chi connectivity index (χ1n) is 12.7. The predicted octanol–water partition coefficient (Wildman–Crippen LogP) is 6.83. The van der Waals surface area contributed by atoms with Crippen LogP contribution >= 0.6 is 0 Å². The van der Waals surface area contributed by atoms with E-state index in [2.05, 4.69) is 0 Å². The summed E-state index contributed by atoms with van der Waals surface area (Å²) in [5.74, 6) is -0.452. The van der Waals surface area contributed by atoms with Gasteiger partial charge in [0.15, 0.2) is 0 Å². The molecular formula is C30H35NO4S. The normalized spacial score (nSPS) is 14.8. The second kappa shape index (κ2) is 11.4. The van der Waals surface area contributed by atoms with Crippen molar-refractivity contribution in [1.29, 1.82) is 0 Å². The number of carboxylic acid groups (broad SMARTS) is 1. The Bertz CT molecular complexity index is 1330. The van der Waals surface area contributed by atoms with Crippen LogP contribution in [0.2, 0.25) is 0 Å². The minimum Gasteiger partial charge on any atom is -0.478 e. The molecule has 0 unspecified atom stereocenters. The molecule has 3 aromatic carbocycles. The third-order valence-electron chi connectivity index (χ3n) is 7.25. The van der Waals surface area contributed by atoms with E-state index in [-0.39, 0.29) is 12.1 Å². The van der Waals surface area contributed by atoms with Gasteiger partial charge in [0.25, 0.3) is 0 Å². The molecule has 0 atom stereocenters. The van der Waals surface area contributed by atoms with E-state index in [0.29, 0.717) is 22.9 Å². The van der Waals surface area contributed by atoms with E-state index in [1.54, 1.807) is 34.6 Å². The summed E-state index contributed by atoms with van der Waals surface area (Å²) in [5, 5.41) is 9.82. The molecule has 4 rings (SSSR count). The zero-order valence-electron chi connectivity index (χ0n) is 21.1. The highest BCUT2D eigenvalue weighted by Crippen LogP contribution is 2.31. The van der Waals surface area contributed by atoms with E-state index in [4.69, 9.17) is 0 Å². The maximum absolute atomic E-state index is 13.8. The molecule has 0 bridgehead atoms. The highest BCUT2D eigenvalue weighted by molar-refractivity contribution is 7.89. The van der Waals surface area contributed by atoms with Crippen molar-refractivity contribution in [2.24, 2.45) is 5.92 Å². The number of sulfonamides is 1. The summed E-state index contributed by atoms with van der Waals surface area (Å²) in [6, 6.07) is 19.9. The maximum Gasteiger partial charge on any atom is 0.336 e. The van der Waals surface area contributed by atoms with Gasteiger partial charge in [-0.05, 0) is 78.3 Å². The fraction of sp³-hybridized carbons (Fsp3) is 0.367. The third kappa shape index (κ3) is 6.05. The number of carboxylic acids is 1. The Hall–Kier alpha value is -2.96. The van der Waals surface area contributed by atoms with Crippen LogP contribution in [0.15, 0.2) is 71.6 Å². The van der Waals surface area contributed by atoms with E-state index in [1.165, 1.54) is 19.3 Å². The first-order chi connectivity index (χ1) is 17.3. The highest BCUT2D eigenvalue weighted by atomic mass is 32.2. The van der Waals surface area contributed by atoms with Crippen molar-refractivity contribution >= 4 is 16.0 Å². The minimum absolute atomic E-state index is 0.196. The maximum atomic E-state index is 13.8. The second-order valence-corrected chi connectivity index (χ2v) is 11.9. The molecule has 1 N–H and O–H groups in total. The summed E-state index contributed by atoms with van der Waals surface area (Å²) in [7, 11) is -3.72. The Morgan fingerprint density at radius 3 is 2.36 bits per heavy atom. The molecule has 1 aliphatic rings. The quantitative estimate of drug-likeness (QED) is 0.346. The summed E-state index contributed by atoms with van der Waals surface area (Å²) in [6.45, 7) is 4.49. The Morgan fingerprint density at radius 2 is 1.67 bits per heavy atom. The van der Waals surface area contributed by atoms with Crippen LogP contribution in [0.4, 0.5) is 0 Å². The van der Waals surface area contributed by atoms with Crippen molar-refractivity contribution in [3.63, 3.8) is 0 Å². The van der Waals surface area contributed by atoms with Gasteiger partial charge in [-0.1, -0.05) is 74.6 Å². The average Bonchev–Trinajstić information content (AvgIpc) is 2.87. The van der Waals surface area contributed by atoms with Crippen LogP contribution in [0.1, 0.15) is 65.6 Å². The van der Waals surface area contributed by atoms with Gasteiger partial charge in [0.2, 0.25) is 10.0 Å². The number of aryl methyl sites for hydroxylation is 2. The van der Waals surface area contributed by atoms with Gasteiger partial charge < -0.3 is 5.11 Å². The molecule has 0 aliphatic heterocycles. The van der Waals surface area contributed by atoms with Gasteiger partial charge >= 0.3 is 5.97 Å². The smallest absolute Gasteiger partial charge is 0.336 e. The minimum atomic E-state index is -3.72. The third-order valence-corrected chi connectivity index (χ3v) is 9.09. The van der Waals surface area contributed by atoms with Crippen LogP contribution < -0.4 is 0 Å². The van der Waals surface area contributed by atoms with Crippen LogP contribution in [-0.2, 0) is 16.6 Å². The van der Waals surface area contributed by atoms with Gasteiger partial charge in [0, 0.05) is 13.1 Å². The summed E-state index contributed by atoms with van der Waals surface area (Å²) in [5.41, 5.74) is 4.31. The Balaban J connectivity index is 1.70. The van der Waals surface area contributed by atoms with E-state index < -0.39 is 16.0 Å². The molecule has 190 valence electrons. The van der Waals surface area contributed by atoms with Crippen LogP contribution in [0.5, 0.6) is 0 Å². The molecule has 1 aliphatic carbocycles. The van der Waals surface area contributed by atoms with Gasteiger partial charge in [-0.15, -0.1) is 0 Å². The molecule has 1 saturated carbocycles. The van der Waals surface area contributed by atoms with Crippen LogP contribution in [0, 0.1) is 19.8 Å². The van der Waals surface area contributed by atoms with E-state index >= 15 is 0 Å². The van der Waals surface area contributed by atoms with Crippen LogP contribution in [-0.4, -0.2) is 30.3 Å². The lowest BCUT2D eigenvalue weighted by atomic mass is 9.87. The largest absolute Gasteiger partial charge is 0.478 e. The number of hydrogen-bond donors (Lipinski definition) is 1. The molecule has 36 heavy (non-hydrogen) atoms. The summed E-state index contributed by atoms with van der Waals surface area (Å²) >= 11 is 0. The number of aromatic carboxylic acids is 1. The topological polar surface area (TPSA) is 74.7 Å². The summed E-state index contributed by atoms with van der Waals surface area (Å²) < 4.78 is 29.1. The lowest BCUT2D eigenvalue weighted by molar-refractivity contribution is 0.0697. The van der Waals surface area contributed by atoms with E-state index in [0.717, 1.165) is 41.5 Å². The van der Waals surface area contributed by atoms with Crippen molar-refractivity contribution in [2.75, 3.05) is 6.54 Å². The number of nitrogens with zero attached hydrogens (tertiary/aromatic N) is 1. The number of rotatable bonds is 9. The van der Waals surface area contributed by atoms with Crippen LogP contribution in [0.3, 0.4) is 0 Å². The monoisotopic (exact) mass is 505 g/mol. The first kappa shape index (κ1) is 26.1. The molecule has 5 nitrogen and oxygen atoms in total. The van der Waals surface area contributed by atoms with Crippen molar-refractivity contribution in [3.05, 3.63) is 89.0 Å². The van der Waals surface area contributed by atoms with Gasteiger partial charge in [-0.3, -0.25) is 0 Å². The van der Waals surface area contributed by atoms with E-state index in [1.807, 2.05) is 50.2 Å². The SMILES string of the molecule is Cc1cccc(S(=O)(=O)N(CCC2CCCCC2)Cc2ccc(C(=O)O)c(-c3ccccc3C)c2)c1. The predicted molar refractivity (Wildman–Crippen MR) is 144 cm³/mol. The summed E-state index contributed by atoms with van der Waals surface area (Å²) in [4.78, 5) is 12.3. The van der Waals surface area contributed by atoms with Crippen LogP contribution in [0.25, 0.3) is 11.1 Å². The lowest BCUT2D eigenvalue weighted by Gasteiger charge is -2.27. The van der Waals surface area contributed by atoms with Gasteiger partial charge in [-0.2, -0.15) is 4.31 Å². The fourth-order valence-electron chi connectivity index (χ4n) is 5.19. The van der Waals surface area contributed by atoms with Crippen molar-refractivity contribution < 1.29 is 18.3 Å². The zero-order chi connectivity index (χ0) is 25.7. The van der Waals surface area contributed by atoms with Crippen molar-refractivity contribution in [1.82, 2.24) is 4.31 Å². The van der Waals surface area contributed by atoms with Crippen molar-refractivity contribution in [3.8, 4) is 11.1 Å². The molecule has 0 saturated heterocycles. The second-order valence-electron chi connectivity index (χ2n) is 9.95. The fourth-order valence-corrected chi connectivity index (χ4v) is 6.74. The standard InChI is InChI=1S/C30H35NO4S/c1-22-9-8-13-26(19-22)36(34,35)31(18-17-24-11-4-3-5-12-24)21-25-15-16-28(30(32)33)29(20-25)27-14-7-6-10-23(27)2/h6-10,13-16,19-20,24H,3-5,11-12,17-18,21H2,1-2H3,(H,32,33). The number of carbonyl (C=O) groups is 1. The molecule has 0 aromatic heterocycles. The first-order valence-corrected chi connectivity index (χ1v) is 14.2. The number of hydrogen-bond acceptors (Lipinski definition) is 3. The average molecular weight is 506 g/mol. The molecular weight excluding hydrogens is 470 g/mol. The highest BCUT2D eigenvalue weighted by Gasteiger charge is 2.27. The Kier molecular flexibility index (Phi) is 8.27. The molecule has 1 fully saturated rings. The molecule has 0 amide bonds. The zero-order valence-corrected chi connectivity index (χ0v) is 21.9. The van der Waals surface area contributed by atoms with Gasteiger partial charge in [-0.25, -0.2) is 13.2 Å². The molecule has 6 heteroatoms.